The molecule has 260 valence electrons. The Kier molecular flexibility index (Phi) is 18.5. The van der Waals surface area contributed by atoms with Gasteiger partial charge < -0.3 is 32.3 Å². The number of carbonyl (C=O) groups is 4. The predicted octanol–water partition coefficient (Wildman–Crippen LogP) is 4.41. The summed E-state index contributed by atoms with van der Waals surface area (Å²) in [6.07, 6.45) is -2.77. The number of alkyl halides is 6. The Bertz CT molecular complexity index is 1230. The molecule has 10 N–H and O–H groups in total. The number of nitrogen functional groups attached to an aromatic ring is 2. The second-order valence-corrected chi connectivity index (χ2v) is 9.57. The van der Waals surface area contributed by atoms with Crippen molar-refractivity contribution in [2.45, 2.75) is 57.3 Å². The Hall–Kier alpha value is -5.16. The quantitative estimate of drug-likeness (QED) is 0.0615. The van der Waals surface area contributed by atoms with Crippen molar-refractivity contribution < 1.29 is 55.7 Å². The van der Waals surface area contributed by atoms with E-state index in [1.807, 2.05) is 0 Å². The lowest BCUT2D eigenvalue weighted by molar-refractivity contribution is -0.193. The van der Waals surface area contributed by atoms with Crippen molar-refractivity contribution in [1.82, 2.24) is 10.6 Å². The van der Waals surface area contributed by atoms with Crippen LogP contribution in [0.2, 0.25) is 0 Å². The molecule has 2 aromatic rings. The summed E-state index contributed by atoms with van der Waals surface area (Å²) in [5, 5.41) is 34.8. The number of hydrogen-bond acceptors (Lipinski definition) is 6. The minimum absolute atomic E-state index is 0.0102. The van der Waals surface area contributed by atoms with E-state index in [0.717, 1.165) is 44.9 Å². The van der Waals surface area contributed by atoms with Gasteiger partial charge in [-0.05, 0) is 37.1 Å². The third-order valence-electron chi connectivity index (χ3n) is 5.83. The first-order valence-electron chi connectivity index (χ1n) is 13.8. The molecule has 0 saturated carbocycles. The van der Waals surface area contributed by atoms with Gasteiger partial charge in [-0.25, -0.2) is 9.59 Å². The number of carboxylic acid groups (broad SMARTS) is 2. The van der Waals surface area contributed by atoms with Crippen LogP contribution in [0.15, 0.2) is 48.5 Å². The highest BCUT2D eigenvalue weighted by molar-refractivity contribution is 5.99. The predicted molar refractivity (Wildman–Crippen MR) is 159 cm³/mol. The summed E-state index contributed by atoms with van der Waals surface area (Å²) in [7, 11) is 0. The molecule has 18 heteroatoms. The number of nitrogens with two attached hydrogens (primary N) is 2. The largest absolute Gasteiger partial charge is 0.490 e. The van der Waals surface area contributed by atoms with Crippen LogP contribution in [0.4, 0.5) is 26.3 Å². The van der Waals surface area contributed by atoms with Gasteiger partial charge in [-0.15, -0.1) is 0 Å². The van der Waals surface area contributed by atoms with Gasteiger partial charge in [0.05, 0.1) is 0 Å². The fourth-order valence-corrected chi connectivity index (χ4v) is 3.34. The molecular weight excluding hydrogens is 642 g/mol. The van der Waals surface area contributed by atoms with Crippen LogP contribution in [0.25, 0.3) is 0 Å². The number of benzene rings is 2. The fraction of sp³-hybridized carbons (Fsp3) is 0.379. The summed E-state index contributed by atoms with van der Waals surface area (Å²) in [6, 6.07) is 13.4. The summed E-state index contributed by atoms with van der Waals surface area (Å²) in [4.78, 5) is 42.0. The van der Waals surface area contributed by atoms with E-state index in [0.29, 0.717) is 35.3 Å². The summed E-state index contributed by atoms with van der Waals surface area (Å²) in [5.74, 6) is -5.75. The van der Waals surface area contributed by atoms with Crippen LogP contribution >= 0.6 is 0 Å². The van der Waals surface area contributed by atoms with Gasteiger partial charge in [0.1, 0.15) is 11.7 Å². The second-order valence-electron chi connectivity index (χ2n) is 9.57. The molecule has 0 saturated heterocycles. The van der Waals surface area contributed by atoms with Crippen LogP contribution in [-0.2, 0) is 9.59 Å². The number of hydrogen-bond donors (Lipinski definition) is 8. The lowest BCUT2D eigenvalue weighted by Crippen LogP contribution is -2.24. The van der Waals surface area contributed by atoms with Crippen molar-refractivity contribution in [2.75, 3.05) is 13.1 Å². The van der Waals surface area contributed by atoms with E-state index in [2.05, 4.69) is 10.6 Å². The van der Waals surface area contributed by atoms with Crippen LogP contribution in [-0.4, -0.2) is 71.1 Å². The topological polar surface area (TPSA) is 233 Å². The number of carbonyl (C=O) groups excluding carboxylic acids is 2. The third kappa shape index (κ3) is 19.1. The van der Waals surface area contributed by atoms with E-state index in [1.54, 1.807) is 48.5 Å². The van der Waals surface area contributed by atoms with Gasteiger partial charge >= 0.3 is 24.3 Å². The van der Waals surface area contributed by atoms with E-state index in [4.69, 9.17) is 42.1 Å². The van der Waals surface area contributed by atoms with Gasteiger partial charge in [0.15, 0.2) is 0 Å². The van der Waals surface area contributed by atoms with Crippen molar-refractivity contribution in [3.63, 3.8) is 0 Å². The Labute approximate surface area is 265 Å². The minimum Gasteiger partial charge on any atom is -0.475 e. The lowest BCUT2D eigenvalue weighted by Gasteiger charge is -2.07. The lowest BCUT2D eigenvalue weighted by atomic mass is 10.1. The van der Waals surface area contributed by atoms with Gasteiger partial charge in [-0.1, -0.05) is 56.4 Å². The number of carboxylic acids is 2. The molecule has 47 heavy (non-hydrogen) atoms. The molecule has 0 spiro atoms. The van der Waals surface area contributed by atoms with E-state index in [9.17, 15) is 35.9 Å². The first kappa shape index (κ1) is 41.8. The van der Waals surface area contributed by atoms with Crippen molar-refractivity contribution in [1.29, 1.82) is 10.8 Å². The molecule has 12 nitrogen and oxygen atoms in total. The monoisotopic (exact) mass is 678 g/mol. The number of amides is 2. The zero-order valence-corrected chi connectivity index (χ0v) is 24.9. The molecule has 0 aliphatic carbocycles. The number of amidine groups is 2. The van der Waals surface area contributed by atoms with Gasteiger partial charge in [0, 0.05) is 35.3 Å². The first-order valence-corrected chi connectivity index (χ1v) is 13.8. The molecule has 0 fully saturated rings. The molecule has 0 atom stereocenters. The van der Waals surface area contributed by atoms with Crippen molar-refractivity contribution in [3.05, 3.63) is 70.8 Å². The van der Waals surface area contributed by atoms with Gasteiger partial charge in [-0.2, -0.15) is 26.3 Å². The number of rotatable bonds is 14. The maximum atomic E-state index is 12.1. The van der Waals surface area contributed by atoms with Crippen LogP contribution in [0.5, 0.6) is 0 Å². The van der Waals surface area contributed by atoms with Crippen molar-refractivity contribution in [2.24, 2.45) is 11.5 Å². The van der Waals surface area contributed by atoms with Crippen LogP contribution in [0.3, 0.4) is 0 Å². The normalized spacial score (nSPS) is 10.7. The summed E-state index contributed by atoms with van der Waals surface area (Å²) >= 11 is 0. The van der Waals surface area contributed by atoms with Crippen LogP contribution in [0, 0.1) is 10.8 Å². The molecule has 2 aromatic carbocycles. The van der Waals surface area contributed by atoms with E-state index < -0.39 is 24.3 Å². The number of halogens is 6. The number of aliphatic carboxylic acids is 2. The zero-order chi connectivity index (χ0) is 36.2. The average Bonchev–Trinajstić information content (AvgIpc) is 2.99. The number of nitrogens with one attached hydrogen (secondary N) is 4. The Morgan fingerprint density at radius 3 is 0.957 bits per heavy atom. The van der Waals surface area contributed by atoms with E-state index in [1.165, 1.54) is 0 Å². The Morgan fingerprint density at radius 1 is 0.532 bits per heavy atom. The summed E-state index contributed by atoms with van der Waals surface area (Å²) in [5.41, 5.74) is 13.2. The molecule has 2 amide bonds. The number of unbranched alkanes of at least 4 members (excludes halogenated alkanes) is 6. The fourth-order valence-electron chi connectivity index (χ4n) is 3.34. The maximum absolute atomic E-state index is 12.1. The molecule has 0 aromatic heterocycles. The smallest absolute Gasteiger partial charge is 0.475 e. The Balaban J connectivity index is 0.00000126. The van der Waals surface area contributed by atoms with Crippen LogP contribution in [0.1, 0.15) is 76.8 Å². The zero-order valence-electron chi connectivity index (χ0n) is 24.9. The molecule has 0 aliphatic heterocycles. The summed E-state index contributed by atoms with van der Waals surface area (Å²) < 4.78 is 63.5. The highest BCUT2D eigenvalue weighted by atomic mass is 19.4. The standard InChI is InChI=1S/C25H34N6O2.2C2HF3O2/c26-22(27)18-8-12-20(13-9-18)24(32)30-16-6-4-2-1-3-5-7-17-31-25(33)21-14-10-19(11-15-21)23(28)29;2*3-2(4,5)1(6)7/h8-15H,1-7,16-17H2,(H3,26,27)(H3,28,29)(H,30,32)(H,31,33);2*(H,6,7). The molecular formula is C29H36F6N6O6. The first-order chi connectivity index (χ1) is 21.8. The average molecular weight is 679 g/mol. The highest BCUT2D eigenvalue weighted by Crippen LogP contribution is 2.14. The van der Waals surface area contributed by atoms with Crippen molar-refractivity contribution >= 4 is 35.4 Å². The minimum atomic E-state index is -5.08. The molecule has 2 rings (SSSR count). The van der Waals surface area contributed by atoms with E-state index in [-0.39, 0.29) is 23.5 Å². The molecule has 0 unspecified atom stereocenters. The van der Waals surface area contributed by atoms with Gasteiger partial charge in [0.25, 0.3) is 11.8 Å². The molecule has 0 bridgehead atoms. The Morgan fingerprint density at radius 2 is 0.745 bits per heavy atom. The van der Waals surface area contributed by atoms with E-state index >= 15 is 0 Å². The third-order valence-corrected chi connectivity index (χ3v) is 5.83. The highest BCUT2D eigenvalue weighted by Gasteiger charge is 2.38. The van der Waals surface area contributed by atoms with Crippen LogP contribution < -0.4 is 22.1 Å². The molecule has 0 aliphatic rings. The second kappa shape index (κ2) is 20.8. The maximum Gasteiger partial charge on any atom is 0.490 e. The van der Waals surface area contributed by atoms with Gasteiger partial charge in [0.2, 0.25) is 0 Å². The SMILES string of the molecule is N=C(N)c1ccc(C(=O)NCCCCCCCCCNC(=O)c2ccc(C(=N)N)cc2)cc1.O=C(O)C(F)(F)F.O=C(O)C(F)(F)F. The van der Waals surface area contributed by atoms with Crippen molar-refractivity contribution in [3.8, 4) is 0 Å². The molecule has 0 heterocycles. The summed E-state index contributed by atoms with van der Waals surface area (Å²) in [6.45, 7) is 1.29. The van der Waals surface area contributed by atoms with Gasteiger partial charge in [-0.3, -0.25) is 20.4 Å². The molecule has 0 radical (unpaired) electrons.